The molecule has 0 amide bonds. The first-order valence-electron chi connectivity index (χ1n) is 9.48. The zero-order chi connectivity index (χ0) is 21.0. The van der Waals surface area contributed by atoms with E-state index in [9.17, 15) is 18.0 Å². The molecule has 0 bridgehead atoms. The number of carbonyl (C=O) groups excluding carboxylic acids is 1. The van der Waals surface area contributed by atoms with E-state index in [1.165, 1.54) is 4.31 Å². The molecule has 1 aromatic heterocycles. The summed E-state index contributed by atoms with van der Waals surface area (Å²) in [7, 11) is -3.61. The lowest BCUT2D eigenvalue weighted by Gasteiger charge is -2.23. The van der Waals surface area contributed by atoms with Crippen LogP contribution in [0.4, 0.5) is 0 Å². The zero-order valence-electron chi connectivity index (χ0n) is 16.5. The molecule has 7 heteroatoms. The van der Waals surface area contributed by atoms with Crippen molar-refractivity contribution in [3.8, 4) is 0 Å². The first kappa shape index (κ1) is 21.0. The zero-order valence-corrected chi connectivity index (χ0v) is 17.3. The fraction of sp³-hybridized carbons (Fsp3) is 0.273. The molecule has 0 aliphatic heterocycles. The van der Waals surface area contributed by atoms with Crippen molar-refractivity contribution in [3.05, 3.63) is 81.1 Å². The number of aromatic nitrogens is 1. The smallest absolute Gasteiger partial charge is 0.252 e. The summed E-state index contributed by atoms with van der Waals surface area (Å²) in [5.41, 5.74) is 2.79. The summed E-state index contributed by atoms with van der Waals surface area (Å²) in [6.45, 7) is 3.67. The Morgan fingerprint density at radius 3 is 2.48 bits per heavy atom. The predicted molar refractivity (Wildman–Crippen MR) is 114 cm³/mol. The maximum absolute atomic E-state index is 12.9. The number of fused-ring (bicyclic) bond motifs is 1. The number of nitrogens with zero attached hydrogens (tertiary/aromatic N) is 1. The van der Waals surface area contributed by atoms with Gasteiger partial charge >= 0.3 is 0 Å². The van der Waals surface area contributed by atoms with Crippen molar-refractivity contribution in [1.29, 1.82) is 0 Å². The second-order valence-corrected chi connectivity index (χ2v) is 9.15. The third-order valence-electron chi connectivity index (χ3n) is 4.90. The second-order valence-electron chi connectivity index (χ2n) is 7.06. The number of para-hydroxylation sites is 1. The first-order valence-corrected chi connectivity index (χ1v) is 11.1. The van der Waals surface area contributed by atoms with Crippen molar-refractivity contribution in [2.45, 2.75) is 33.4 Å². The summed E-state index contributed by atoms with van der Waals surface area (Å²) >= 11 is 0. The molecular weight excluding hydrogens is 388 g/mol. The molecule has 3 aromatic rings. The number of sulfonamides is 1. The number of aryl methyl sites for hydroxylation is 1. The number of H-pyrrole nitrogens is 1. The molecule has 0 aliphatic rings. The van der Waals surface area contributed by atoms with Gasteiger partial charge in [0.2, 0.25) is 10.0 Å². The van der Waals surface area contributed by atoms with E-state index in [4.69, 9.17) is 0 Å². The molecule has 0 radical (unpaired) electrons. The van der Waals surface area contributed by atoms with Crippen molar-refractivity contribution < 1.29 is 13.2 Å². The number of nitrogens with one attached hydrogen (secondary N) is 1. The van der Waals surface area contributed by atoms with Crippen LogP contribution in [0.2, 0.25) is 0 Å². The summed E-state index contributed by atoms with van der Waals surface area (Å²) in [5, 5.41) is 0.848. The standard InChI is InChI=1S/C22H24N2O4S/c1-3-11-29(27,28)24(13-18-8-4-5-9-19(18)15-25)14-20-12-17-10-6-7-16(2)21(17)23-22(20)26/h4-10,12,15H,3,11,13-14H2,1-2H3,(H,23,26). The Labute approximate surface area is 170 Å². The van der Waals surface area contributed by atoms with Crippen LogP contribution in [-0.4, -0.2) is 29.7 Å². The van der Waals surface area contributed by atoms with E-state index in [-0.39, 0.29) is 24.4 Å². The third kappa shape index (κ3) is 4.63. The lowest BCUT2D eigenvalue weighted by Crippen LogP contribution is -2.34. The van der Waals surface area contributed by atoms with Crippen molar-refractivity contribution >= 4 is 27.2 Å². The van der Waals surface area contributed by atoms with Gasteiger partial charge in [-0.15, -0.1) is 0 Å². The van der Waals surface area contributed by atoms with E-state index >= 15 is 0 Å². The second kappa shape index (κ2) is 8.71. The highest BCUT2D eigenvalue weighted by molar-refractivity contribution is 7.89. The van der Waals surface area contributed by atoms with Crippen molar-refractivity contribution in [2.75, 3.05) is 5.75 Å². The molecule has 6 nitrogen and oxygen atoms in total. The molecule has 0 saturated heterocycles. The molecule has 0 spiro atoms. The first-order chi connectivity index (χ1) is 13.9. The van der Waals surface area contributed by atoms with E-state index in [0.29, 0.717) is 29.4 Å². The van der Waals surface area contributed by atoms with Crippen LogP contribution in [0.15, 0.2) is 53.3 Å². The van der Waals surface area contributed by atoms with Crippen LogP contribution in [0.25, 0.3) is 10.9 Å². The Bertz CT molecular complexity index is 1200. The quantitative estimate of drug-likeness (QED) is 0.575. The number of rotatable bonds is 8. The highest BCUT2D eigenvalue weighted by Gasteiger charge is 2.24. The number of aldehydes is 1. The number of aromatic amines is 1. The molecular formula is C22H24N2O4S. The largest absolute Gasteiger partial charge is 0.321 e. The van der Waals surface area contributed by atoms with Gasteiger partial charge in [-0.2, -0.15) is 4.31 Å². The Balaban J connectivity index is 2.04. The van der Waals surface area contributed by atoms with E-state index in [1.807, 2.05) is 25.1 Å². The number of hydrogen-bond donors (Lipinski definition) is 1. The Kier molecular flexibility index (Phi) is 6.30. The lowest BCUT2D eigenvalue weighted by atomic mass is 10.1. The minimum Gasteiger partial charge on any atom is -0.321 e. The molecule has 1 heterocycles. The van der Waals surface area contributed by atoms with Crippen molar-refractivity contribution in [1.82, 2.24) is 9.29 Å². The third-order valence-corrected chi connectivity index (χ3v) is 6.87. The average molecular weight is 413 g/mol. The van der Waals surface area contributed by atoms with E-state index < -0.39 is 10.0 Å². The number of benzene rings is 2. The van der Waals surface area contributed by atoms with Crippen LogP contribution in [0, 0.1) is 6.92 Å². The molecule has 0 aliphatic carbocycles. The van der Waals surface area contributed by atoms with Gasteiger partial charge in [-0.1, -0.05) is 49.4 Å². The lowest BCUT2D eigenvalue weighted by molar-refractivity contribution is 0.112. The van der Waals surface area contributed by atoms with Crippen LogP contribution >= 0.6 is 0 Å². The normalized spacial score (nSPS) is 11.8. The monoisotopic (exact) mass is 412 g/mol. The van der Waals surface area contributed by atoms with Gasteiger partial charge in [-0.25, -0.2) is 8.42 Å². The SMILES string of the molecule is CCCS(=O)(=O)N(Cc1ccccc1C=O)Cc1cc2cccc(C)c2[nH]c1=O. The highest BCUT2D eigenvalue weighted by atomic mass is 32.2. The maximum atomic E-state index is 12.9. The summed E-state index contributed by atoms with van der Waals surface area (Å²) in [5.74, 6) is -0.0269. The number of carbonyl (C=O) groups is 1. The fourth-order valence-corrected chi connectivity index (χ4v) is 4.80. The molecule has 0 atom stereocenters. The van der Waals surface area contributed by atoms with Crippen molar-refractivity contribution in [2.24, 2.45) is 0 Å². The van der Waals surface area contributed by atoms with Gasteiger partial charge < -0.3 is 4.98 Å². The van der Waals surface area contributed by atoms with E-state index in [0.717, 1.165) is 16.5 Å². The molecule has 29 heavy (non-hydrogen) atoms. The number of hydrogen-bond acceptors (Lipinski definition) is 4. The summed E-state index contributed by atoms with van der Waals surface area (Å²) in [6.07, 6.45) is 1.17. The fourth-order valence-electron chi connectivity index (χ4n) is 3.36. The Hall–Kier alpha value is -2.77. The van der Waals surface area contributed by atoms with E-state index in [1.54, 1.807) is 37.3 Å². The minimum absolute atomic E-state index is 0.0269. The Morgan fingerprint density at radius 2 is 1.76 bits per heavy atom. The summed E-state index contributed by atoms with van der Waals surface area (Å²) in [6, 6.07) is 14.3. The van der Waals surface area contributed by atoms with Crippen LogP contribution in [0.1, 0.15) is 40.4 Å². The van der Waals surface area contributed by atoms with Crippen LogP contribution in [-0.2, 0) is 23.1 Å². The summed E-state index contributed by atoms with van der Waals surface area (Å²) in [4.78, 5) is 26.9. The summed E-state index contributed by atoms with van der Waals surface area (Å²) < 4.78 is 27.1. The van der Waals surface area contributed by atoms with Gasteiger partial charge in [0.15, 0.2) is 0 Å². The van der Waals surface area contributed by atoms with Gasteiger partial charge in [0, 0.05) is 24.2 Å². The molecule has 2 aromatic carbocycles. The van der Waals surface area contributed by atoms with Gasteiger partial charge in [-0.3, -0.25) is 9.59 Å². The minimum atomic E-state index is -3.61. The molecule has 0 saturated carbocycles. The van der Waals surface area contributed by atoms with Gasteiger partial charge in [-0.05, 0) is 35.9 Å². The van der Waals surface area contributed by atoms with Gasteiger partial charge in [0.25, 0.3) is 5.56 Å². The molecule has 0 unspecified atom stereocenters. The van der Waals surface area contributed by atoms with Crippen LogP contribution < -0.4 is 5.56 Å². The van der Waals surface area contributed by atoms with Crippen LogP contribution in [0.3, 0.4) is 0 Å². The topological polar surface area (TPSA) is 87.3 Å². The highest BCUT2D eigenvalue weighted by Crippen LogP contribution is 2.19. The molecule has 1 N–H and O–H groups in total. The molecule has 3 rings (SSSR count). The Morgan fingerprint density at radius 1 is 1.03 bits per heavy atom. The van der Waals surface area contributed by atoms with Crippen molar-refractivity contribution in [3.63, 3.8) is 0 Å². The average Bonchev–Trinajstić information content (AvgIpc) is 2.69. The molecule has 152 valence electrons. The van der Waals surface area contributed by atoms with Gasteiger partial charge in [0.1, 0.15) is 6.29 Å². The van der Waals surface area contributed by atoms with Gasteiger partial charge in [0.05, 0.1) is 11.3 Å². The number of pyridine rings is 1. The molecule has 0 fully saturated rings. The predicted octanol–water partition coefficient (Wildman–Crippen LogP) is 3.39. The van der Waals surface area contributed by atoms with Crippen LogP contribution in [0.5, 0.6) is 0 Å². The van der Waals surface area contributed by atoms with E-state index in [2.05, 4.69) is 4.98 Å². The maximum Gasteiger partial charge on any atom is 0.252 e.